The Morgan fingerprint density at radius 3 is 2.71 bits per heavy atom. The second kappa shape index (κ2) is 5.28. The van der Waals surface area contributed by atoms with Crippen molar-refractivity contribution < 1.29 is 8.42 Å². The van der Waals surface area contributed by atoms with Gasteiger partial charge in [0.05, 0.1) is 9.79 Å². The number of hydrogen-bond acceptors (Lipinski definition) is 3. The average molecular weight is 301 g/mol. The van der Waals surface area contributed by atoms with Crippen molar-refractivity contribution in [1.29, 1.82) is 0 Å². The third-order valence-corrected chi connectivity index (χ3v) is 6.04. The van der Waals surface area contributed by atoms with Gasteiger partial charge >= 0.3 is 0 Å². The van der Waals surface area contributed by atoms with Crippen LogP contribution < -0.4 is 5.73 Å². The largest absolute Gasteiger partial charge is 0.324 e. The van der Waals surface area contributed by atoms with Crippen LogP contribution in [-0.4, -0.2) is 8.42 Å². The van der Waals surface area contributed by atoms with Crippen molar-refractivity contribution in [3.63, 3.8) is 0 Å². The Hall–Kier alpha value is -1.65. The smallest absolute Gasteiger partial charge is 0.206 e. The van der Waals surface area contributed by atoms with E-state index in [1.165, 1.54) is 0 Å². The molecule has 2 N–H and O–H groups in total. The topological polar surface area (TPSA) is 60.2 Å². The first-order chi connectivity index (χ1) is 10.0. The molecule has 1 aliphatic rings. The molecule has 110 valence electrons. The van der Waals surface area contributed by atoms with Crippen LogP contribution in [0.3, 0.4) is 0 Å². The van der Waals surface area contributed by atoms with Crippen LogP contribution in [0.25, 0.3) is 0 Å². The van der Waals surface area contributed by atoms with Crippen molar-refractivity contribution in [2.45, 2.75) is 42.0 Å². The molecule has 21 heavy (non-hydrogen) atoms. The first kappa shape index (κ1) is 14.3. The van der Waals surface area contributed by atoms with Gasteiger partial charge in [-0.25, -0.2) is 8.42 Å². The number of rotatable bonds is 3. The first-order valence-corrected chi connectivity index (χ1v) is 8.73. The summed E-state index contributed by atoms with van der Waals surface area (Å²) in [5.74, 6) is 0. The maximum absolute atomic E-state index is 12.9. The monoisotopic (exact) mass is 301 g/mol. The zero-order chi connectivity index (χ0) is 15.0. The molecule has 0 aliphatic heterocycles. The highest BCUT2D eigenvalue weighted by atomic mass is 32.2. The van der Waals surface area contributed by atoms with Crippen molar-refractivity contribution in [2.24, 2.45) is 5.73 Å². The number of hydrogen-bond donors (Lipinski definition) is 1. The van der Waals surface area contributed by atoms with Gasteiger partial charge in [-0.2, -0.15) is 0 Å². The third-order valence-electron chi connectivity index (χ3n) is 4.19. The van der Waals surface area contributed by atoms with Gasteiger partial charge in [-0.1, -0.05) is 31.2 Å². The minimum atomic E-state index is -3.46. The fraction of sp³-hybridized carbons (Fsp3) is 0.294. The van der Waals surface area contributed by atoms with Crippen LogP contribution in [0, 0.1) is 0 Å². The maximum Gasteiger partial charge on any atom is 0.206 e. The molecular weight excluding hydrogens is 282 g/mol. The first-order valence-electron chi connectivity index (χ1n) is 7.25. The number of aryl methyl sites for hydroxylation is 2. The Balaban J connectivity index is 2.11. The number of benzene rings is 2. The molecule has 1 atom stereocenters. The summed E-state index contributed by atoms with van der Waals surface area (Å²) in [4.78, 5) is 0.783. The van der Waals surface area contributed by atoms with Gasteiger partial charge in [0.15, 0.2) is 0 Å². The molecule has 0 saturated carbocycles. The summed E-state index contributed by atoms with van der Waals surface area (Å²) in [6.45, 7) is 1.97. The predicted molar refractivity (Wildman–Crippen MR) is 83.0 cm³/mol. The average Bonchev–Trinajstić information content (AvgIpc) is 2.88. The van der Waals surface area contributed by atoms with Crippen LogP contribution >= 0.6 is 0 Å². The van der Waals surface area contributed by atoms with Crippen molar-refractivity contribution >= 4 is 9.84 Å². The molecule has 0 fully saturated rings. The van der Waals surface area contributed by atoms with E-state index in [2.05, 4.69) is 0 Å². The minimum Gasteiger partial charge on any atom is -0.324 e. The van der Waals surface area contributed by atoms with E-state index in [1.807, 2.05) is 25.1 Å². The summed E-state index contributed by atoms with van der Waals surface area (Å²) < 4.78 is 25.7. The van der Waals surface area contributed by atoms with Crippen LogP contribution in [0.5, 0.6) is 0 Å². The molecule has 3 rings (SSSR count). The van der Waals surface area contributed by atoms with Crippen LogP contribution in [0.4, 0.5) is 0 Å². The third kappa shape index (κ3) is 2.39. The van der Waals surface area contributed by atoms with Gasteiger partial charge in [-0.15, -0.1) is 0 Å². The highest BCUT2D eigenvalue weighted by Gasteiger charge is 2.24. The summed E-state index contributed by atoms with van der Waals surface area (Å²) in [5.41, 5.74) is 9.02. The van der Waals surface area contributed by atoms with E-state index in [9.17, 15) is 8.42 Å². The summed E-state index contributed by atoms with van der Waals surface area (Å²) in [6, 6.07) is 12.6. The molecule has 0 bridgehead atoms. The number of sulfone groups is 1. The summed E-state index contributed by atoms with van der Waals surface area (Å²) in [6.07, 6.45) is 2.45. The van der Waals surface area contributed by atoms with Crippen LogP contribution in [0.2, 0.25) is 0 Å². The molecule has 3 nitrogen and oxygen atoms in total. The molecule has 1 unspecified atom stereocenters. The molecule has 0 heterocycles. The molecule has 1 aliphatic carbocycles. The molecular formula is C17H19NO2S. The highest BCUT2D eigenvalue weighted by Crippen LogP contribution is 2.33. The van der Waals surface area contributed by atoms with Gasteiger partial charge in [-0.3, -0.25) is 0 Å². The standard InChI is InChI=1S/C17H19NO2S/c1-2-12-5-3-4-6-17(12)21(19,20)14-8-9-15-13(11-14)7-10-16(15)18/h3-6,8-9,11,16H,2,7,10,18H2,1H3. The van der Waals surface area contributed by atoms with E-state index >= 15 is 0 Å². The normalized spacial score (nSPS) is 17.7. The second-order valence-electron chi connectivity index (χ2n) is 5.47. The van der Waals surface area contributed by atoms with E-state index in [4.69, 9.17) is 5.73 Å². The maximum atomic E-state index is 12.9. The molecule has 0 spiro atoms. The lowest BCUT2D eigenvalue weighted by Gasteiger charge is -2.11. The van der Waals surface area contributed by atoms with Crippen LogP contribution in [0.1, 0.15) is 36.1 Å². The van der Waals surface area contributed by atoms with E-state index in [-0.39, 0.29) is 6.04 Å². The van der Waals surface area contributed by atoms with Crippen molar-refractivity contribution in [3.05, 3.63) is 59.2 Å². The minimum absolute atomic E-state index is 0.0414. The predicted octanol–water partition coefficient (Wildman–Crippen LogP) is 3.03. The Bertz CT molecular complexity index is 781. The molecule has 0 saturated heterocycles. The van der Waals surface area contributed by atoms with Gasteiger partial charge in [0.25, 0.3) is 0 Å². The van der Waals surface area contributed by atoms with Crippen molar-refractivity contribution in [2.75, 3.05) is 0 Å². The molecule has 2 aromatic rings. The molecule has 0 aromatic heterocycles. The molecule has 0 radical (unpaired) electrons. The summed E-state index contributed by atoms with van der Waals surface area (Å²) in [7, 11) is -3.46. The fourth-order valence-electron chi connectivity index (χ4n) is 2.98. The lowest BCUT2D eigenvalue weighted by molar-refractivity contribution is 0.595. The highest BCUT2D eigenvalue weighted by molar-refractivity contribution is 7.91. The summed E-state index contributed by atoms with van der Waals surface area (Å²) >= 11 is 0. The Morgan fingerprint density at radius 1 is 1.19 bits per heavy atom. The Labute approximate surface area is 125 Å². The summed E-state index contributed by atoms with van der Waals surface area (Å²) in [5, 5.41) is 0. The Kier molecular flexibility index (Phi) is 3.59. The van der Waals surface area contributed by atoms with E-state index in [0.717, 1.165) is 29.5 Å². The van der Waals surface area contributed by atoms with E-state index in [1.54, 1.807) is 24.3 Å². The zero-order valence-corrected chi connectivity index (χ0v) is 12.9. The van der Waals surface area contributed by atoms with Gasteiger partial charge < -0.3 is 5.73 Å². The number of nitrogens with two attached hydrogens (primary N) is 1. The Morgan fingerprint density at radius 2 is 1.95 bits per heavy atom. The van der Waals surface area contributed by atoms with Crippen molar-refractivity contribution in [1.82, 2.24) is 0 Å². The molecule has 4 heteroatoms. The molecule has 2 aromatic carbocycles. The zero-order valence-electron chi connectivity index (χ0n) is 12.0. The second-order valence-corrected chi connectivity index (χ2v) is 7.39. The quantitative estimate of drug-likeness (QED) is 0.948. The van der Waals surface area contributed by atoms with Gasteiger partial charge in [-0.05, 0) is 54.2 Å². The van der Waals surface area contributed by atoms with Gasteiger partial charge in [0.1, 0.15) is 0 Å². The van der Waals surface area contributed by atoms with Gasteiger partial charge in [0.2, 0.25) is 9.84 Å². The fourth-order valence-corrected chi connectivity index (χ4v) is 4.59. The van der Waals surface area contributed by atoms with Crippen LogP contribution in [0.15, 0.2) is 52.3 Å². The van der Waals surface area contributed by atoms with E-state index in [0.29, 0.717) is 16.2 Å². The lowest BCUT2D eigenvalue weighted by atomic mass is 10.1. The van der Waals surface area contributed by atoms with Gasteiger partial charge in [0, 0.05) is 6.04 Å². The van der Waals surface area contributed by atoms with Crippen LogP contribution in [-0.2, 0) is 22.7 Å². The lowest BCUT2D eigenvalue weighted by Crippen LogP contribution is -2.07. The SMILES string of the molecule is CCc1ccccc1S(=O)(=O)c1ccc2c(c1)CCC2N. The number of fused-ring (bicyclic) bond motifs is 1. The molecule has 0 amide bonds. The van der Waals surface area contributed by atoms with Crippen molar-refractivity contribution in [3.8, 4) is 0 Å². The van der Waals surface area contributed by atoms with E-state index < -0.39 is 9.84 Å².